The minimum atomic E-state index is -0.834. The number of ether oxygens (including phenoxy) is 1. The average Bonchev–Trinajstić information content (AvgIpc) is 2.01. The zero-order chi connectivity index (χ0) is 8.60. The number of carboxylic acid groups (broad SMARTS) is 1. The van der Waals surface area contributed by atoms with E-state index in [0.29, 0.717) is 19.8 Å². The molecule has 0 atom stereocenters. The van der Waals surface area contributed by atoms with Gasteiger partial charge in [-0.1, -0.05) is 0 Å². The maximum absolute atomic E-state index is 10.8. The minimum absolute atomic E-state index is 0.260. The van der Waals surface area contributed by atoms with Crippen molar-refractivity contribution in [1.82, 2.24) is 10.2 Å². The zero-order valence-electron chi connectivity index (χ0n) is 6.75. The summed E-state index contributed by atoms with van der Waals surface area (Å²) < 4.78 is 5.26. The second-order valence-electron chi connectivity index (χ2n) is 3.31. The van der Waals surface area contributed by atoms with Crippen LogP contribution in [0.3, 0.4) is 0 Å². The molecule has 2 aliphatic rings. The molecule has 12 heavy (non-hydrogen) atoms. The lowest BCUT2D eigenvalue weighted by Crippen LogP contribution is -2.74. The fraction of sp³-hybridized carbons (Fsp3) is 0.857. The van der Waals surface area contributed by atoms with E-state index in [1.807, 2.05) is 0 Å². The molecule has 0 aromatic heterocycles. The van der Waals surface area contributed by atoms with Gasteiger partial charge in [0.1, 0.15) is 0 Å². The summed E-state index contributed by atoms with van der Waals surface area (Å²) in [6, 6.07) is 0. The van der Waals surface area contributed by atoms with Gasteiger partial charge in [0.2, 0.25) is 0 Å². The molecule has 1 amide bonds. The van der Waals surface area contributed by atoms with Crippen molar-refractivity contribution in [2.24, 2.45) is 0 Å². The molecule has 0 aromatic carbocycles. The molecule has 2 heterocycles. The molecule has 2 rings (SSSR count). The highest BCUT2D eigenvalue weighted by molar-refractivity contribution is 5.66. The molecule has 2 N–H and O–H groups in total. The van der Waals surface area contributed by atoms with Crippen LogP contribution in [0.15, 0.2) is 0 Å². The van der Waals surface area contributed by atoms with Gasteiger partial charge in [0.05, 0.1) is 18.8 Å². The molecule has 0 aromatic rings. The lowest BCUT2D eigenvalue weighted by molar-refractivity contribution is -0.0783. The first-order valence-electron chi connectivity index (χ1n) is 4.04. The minimum Gasteiger partial charge on any atom is -0.465 e. The van der Waals surface area contributed by atoms with Gasteiger partial charge in [-0.3, -0.25) is 4.90 Å². The van der Waals surface area contributed by atoms with E-state index in [1.165, 1.54) is 4.90 Å². The molecule has 0 radical (unpaired) electrons. The molecule has 2 fully saturated rings. The first-order valence-corrected chi connectivity index (χ1v) is 4.04. The number of hydrogen-bond donors (Lipinski definition) is 2. The van der Waals surface area contributed by atoms with Crippen molar-refractivity contribution in [3.8, 4) is 0 Å². The van der Waals surface area contributed by atoms with Crippen LogP contribution in [0.5, 0.6) is 0 Å². The van der Waals surface area contributed by atoms with Gasteiger partial charge >= 0.3 is 6.09 Å². The van der Waals surface area contributed by atoms with Crippen molar-refractivity contribution in [1.29, 1.82) is 0 Å². The van der Waals surface area contributed by atoms with Crippen LogP contribution in [0, 0.1) is 0 Å². The van der Waals surface area contributed by atoms with E-state index in [0.717, 1.165) is 13.1 Å². The maximum Gasteiger partial charge on any atom is 0.408 e. The zero-order valence-corrected chi connectivity index (χ0v) is 6.75. The van der Waals surface area contributed by atoms with E-state index in [4.69, 9.17) is 9.84 Å². The highest BCUT2D eigenvalue weighted by Gasteiger charge is 2.47. The lowest BCUT2D eigenvalue weighted by Gasteiger charge is -2.51. The Morgan fingerprint density at radius 3 is 2.75 bits per heavy atom. The fourth-order valence-corrected chi connectivity index (χ4v) is 1.74. The average molecular weight is 172 g/mol. The van der Waals surface area contributed by atoms with E-state index in [-0.39, 0.29) is 5.54 Å². The largest absolute Gasteiger partial charge is 0.465 e. The van der Waals surface area contributed by atoms with Crippen molar-refractivity contribution >= 4 is 6.09 Å². The van der Waals surface area contributed by atoms with Gasteiger partial charge in [-0.15, -0.1) is 0 Å². The second kappa shape index (κ2) is 2.60. The van der Waals surface area contributed by atoms with Crippen molar-refractivity contribution in [2.45, 2.75) is 5.54 Å². The summed E-state index contributed by atoms with van der Waals surface area (Å²) in [4.78, 5) is 12.3. The third-order valence-electron chi connectivity index (χ3n) is 2.54. The molecule has 1 spiro atoms. The number of amides is 1. The van der Waals surface area contributed by atoms with Gasteiger partial charge in [0, 0.05) is 19.6 Å². The van der Waals surface area contributed by atoms with Crippen molar-refractivity contribution in [2.75, 3.05) is 32.8 Å². The molecule has 5 heteroatoms. The smallest absolute Gasteiger partial charge is 0.408 e. The topological polar surface area (TPSA) is 61.8 Å². The predicted octanol–water partition coefficient (Wildman–Crippen LogP) is -0.661. The fourth-order valence-electron chi connectivity index (χ4n) is 1.74. The molecule has 5 nitrogen and oxygen atoms in total. The van der Waals surface area contributed by atoms with Crippen LogP contribution in [-0.4, -0.2) is 54.5 Å². The Hall–Kier alpha value is -0.810. The standard InChI is InChI=1S/C7H12N2O3/c10-6(11)9-1-2-12-5-7(9)3-8-4-7/h8H,1-5H2,(H,10,11). The predicted molar refractivity (Wildman–Crippen MR) is 41.2 cm³/mol. The molecule has 2 aliphatic heterocycles. The molecule has 68 valence electrons. The monoisotopic (exact) mass is 172 g/mol. The first kappa shape index (κ1) is 7.82. The molecular formula is C7H12N2O3. The Kier molecular flexibility index (Phi) is 1.69. The summed E-state index contributed by atoms with van der Waals surface area (Å²) in [5, 5.41) is 12.0. The number of hydrogen-bond acceptors (Lipinski definition) is 3. The van der Waals surface area contributed by atoms with Crippen LogP contribution in [0.25, 0.3) is 0 Å². The summed E-state index contributed by atoms with van der Waals surface area (Å²) in [7, 11) is 0. The summed E-state index contributed by atoms with van der Waals surface area (Å²) in [6.45, 7) is 3.00. The summed E-state index contributed by atoms with van der Waals surface area (Å²) in [6.07, 6.45) is -0.834. The Morgan fingerprint density at radius 1 is 1.58 bits per heavy atom. The van der Waals surface area contributed by atoms with Crippen LogP contribution in [0.1, 0.15) is 0 Å². The number of carbonyl (C=O) groups is 1. The van der Waals surface area contributed by atoms with Gasteiger partial charge in [-0.2, -0.15) is 0 Å². The number of morpholine rings is 1. The quantitative estimate of drug-likeness (QED) is 0.509. The van der Waals surface area contributed by atoms with Crippen molar-refractivity contribution < 1.29 is 14.6 Å². The van der Waals surface area contributed by atoms with Crippen LogP contribution in [-0.2, 0) is 4.74 Å². The molecular weight excluding hydrogens is 160 g/mol. The first-order chi connectivity index (χ1) is 5.75. The molecule has 0 aliphatic carbocycles. The van der Waals surface area contributed by atoms with Crippen molar-refractivity contribution in [3.05, 3.63) is 0 Å². The summed E-state index contributed by atoms with van der Waals surface area (Å²) in [5.74, 6) is 0. The third-order valence-corrected chi connectivity index (χ3v) is 2.54. The van der Waals surface area contributed by atoms with Crippen LogP contribution >= 0.6 is 0 Å². The van der Waals surface area contributed by atoms with E-state index >= 15 is 0 Å². The number of nitrogens with zero attached hydrogens (tertiary/aromatic N) is 1. The Labute approximate surface area is 70.3 Å². The Morgan fingerprint density at radius 2 is 2.33 bits per heavy atom. The van der Waals surface area contributed by atoms with Gasteiger partial charge in [-0.05, 0) is 0 Å². The number of rotatable bonds is 0. The Bertz CT molecular complexity index is 203. The van der Waals surface area contributed by atoms with Gasteiger partial charge < -0.3 is 15.2 Å². The highest BCUT2D eigenvalue weighted by atomic mass is 16.5. The SMILES string of the molecule is O=C(O)N1CCOCC12CNC2. The van der Waals surface area contributed by atoms with Gasteiger partial charge in [0.25, 0.3) is 0 Å². The number of nitrogens with one attached hydrogen (secondary N) is 1. The van der Waals surface area contributed by atoms with E-state index in [1.54, 1.807) is 0 Å². The second-order valence-corrected chi connectivity index (χ2v) is 3.31. The van der Waals surface area contributed by atoms with E-state index in [9.17, 15) is 4.79 Å². The molecule has 0 saturated carbocycles. The summed E-state index contributed by atoms with van der Waals surface area (Å²) in [5.41, 5.74) is -0.260. The van der Waals surface area contributed by atoms with Crippen LogP contribution in [0.2, 0.25) is 0 Å². The van der Waals surface area contributed by atoms with Crippen LogP contribution < -0.4 is 5.32 Å². The van der Waals surface area contributed by atoms with E-state index in [2.05, 4.69) is 5.32 Å². The Balaban J connectivity index is 2.11. The van der Waals surface area contributed by atoms with Gasteiger partial charge in [0.15, 0.2) is 0 Å². The van der Waals surface area contributed by atoms with Gasteiger partial charge in [-0.25, -0.2) is 4.79 Å². The highest BCUT2D eigenvalue weighted by Crippen LogP contribution is 2.24. The lowest BCUT2D eigenvalue weighted by atomic mass is 9.90. The molecule has 0 unspecified atom stereocenters. The van der Waals surface area contributed by atoms with Crippen molar-refractivity contribution in [3.63, 3.8) is 0 Å². The molecule has 0 bridgehead atoms. The van der Waals surface area contributed by atoms with E-state index < -0.39 is 6.09 Å². The summed E-state index contributed by atoms with van der Waals surface area (Å²) >= 11 is 0. The third kappa shape index (κ3) is 0.971. The molecule has 2 saturated heterocycles. The van der Waals surface area contributed by atoms with Crippen LogP contribution in [0.4, 0.5) is 4.79 Å². The normalized spacial score (nSPS) is 26.8. The maximum atomic E-state index is 10.8.